The van der Waals surface area contributed by atoms with Crippen LogP contribution in [-0.2, 0) is 6.42 Å². The van der Waals surface area contributed by atoms with Crippen LogP contribution in [-0.4, -0.2) is 15.2 Å². The SMILES string of the molecule is c1ccc(Cc2[nH]nc3ncccc23)cc1. The molecule has 0 aliphatic heterocycles. The quantitative estimate of drug-likeness (QED) is 0.704. The molecule has 1 aromatic carbocycles. The van der Waals surface area contributed by atoms with Gasteiger partial charge in [-0.25, -0.2) is 4.98 Å². The molecule has 78 valence electrons. The van der Waals surface area contributed by atoms with Gasteiger partial charge in [0.25, 0.3) is 0 Å². The third kappa shape index (κ3) is 1.56. The fourth-order valence-corrected chi connectivity index (χ4v) is 1.84. The van der Waals surface area contributed by atoms with Crippen LogP contribution in [0.1, 0.15) is 11.3 Å². The second kappa shape index (κ2) is 3.77. The molecule has 0 aliphatic rings. The van der Waals surface area contributed by atoms with E-state index in [1.54, 1.807) is 6.20 Å². The van der Waals surface area contributed by atoms with Gasteiger partial charge in [0.05, 0.1) is 0 Å². The molecule has 0 aliphatic carbocycles. The highest BCUT2D eigenvalue weighted by atomic mass is 15.1. The van der Waals surface area contributed by atoms with E-state index in [2.05, 4.69) is 27.3 Å². The molecule has 0 atom stereocenters. The fourth-order valence-electron chi connectivity index (χ4n) is 1.84. The summed E-state index contributed by atoms with van der Waals surface area (Å²) in [5.41, 5.74) is 3.18. The first-order valence-corrected chi connectivity index (χ1v) is 5.25. The number of aromatic nitrogens is 3. The van der Waals surface area contributed by atoms with E-state index >= 15 is 0 Å². The number of H-pyrrole nitrogens is 1. The van der Waals surface area contributed by atoms with E-state index in [4.69, 9.17) is 0 Å². The van der Waals surface area contributed by atoms with Gasteiger partial charge in [-0.3, -0.25) is 5.10 Å². The molecule has 16 heavy (non-hydrogen) atoms. The Morgan fingerprint density at radius 3 is 2.75 bits per heavy atom. The average Bonchev–Trinajstić information content (AvgIpc) is 2.74. The van der Waals surface area contributed by atoms with Crippen LogP contribution in [0.25, 0.3) is 11.0 Å². The smallest absolute Gasteiger partial charge is 0.181 e. The van der Waals surface area contributed by atoms with Crippen LogP contribution in [0.15, 0.2) is 48.7 Å². The molecule has 3 nitrogen and oxygen atoms in total. The van der Waals surface area contributed by atoms with Gasteiger partial charge in [-0.15, -0.1) is 0 Å². The molecule has 3 aromatic rings. The van der Waals surface area contributed by atoms with E-state index in [9.17, 15) is 0 Å². The maximum atomic E-state index is 4.20. The van der Waals surface area contributed by atoms with Gasteiger partial charge in [-0.05, 0) is 17.7 Å². The summed E-state index contributed by atoms with van der Waals surface area (Å²) in [5, 5.41) is 8.33. The zero-order valence-electron chi connectivity index (χ0n) is 8.72. The van der Waals surface area contributed by atoms with Gasteiger partial charge in [-0.2, -0.15) is 5.10 Å². The third-order valence-corrected chi connectivity index (χ3v) is 2.63. The number of pyridine rings is 1. The molecule has 0 radical (unpaired) electrons. The normalized spacial score (nSPS) is 10.8. The van der Waals surface area contributed by atoms with E-state index < -0.39 is 0 Å². The Bertz CT molecular complexity index is 599. The zero-order valence-corrected chi connectivity index (χ0v) is 8.72. The Balaban J connectivity index is 2.01. The lowest BCUT2D eigenvalue weighted by molar-refractivity contribution is 1.01. The van der Waals surface area contributed by atoms with Crippen LogP contribution in [0.3, 0.4) is 0 Å². The Labute approximate surface area is 93.2 Å². The van der Waals surface area contributed by atoms with Crippen molar-refractivity contribution in [1.29, 1.82) is 0 Å². The molecule has 2 aromatic heterocycles. The predicted molar refractivity (Wildman–Crippen MR) is 63.1 cm³/mol. The number of benzene rings is 1. The topological polar surface area (TPSA) is 41.6 Å². The number of hydrogen-bond acceptors (Lipinski definition) is 2. The molecule has 3 heteroatoms. The average molecular weight is 209 g/mol. The highest BCUT2D eigenvalue weighted by Crippen LogP contribution is 2.16. The van der Waals surface area contributed by atoms with Crippen molar-refractivity contribution >= 4 is 11.0 Å². The van der Waals surface area contributed by atoms with E-state index in [0.717, 1.165) is 23.1 Å². The first kappa shape index (κ1) is 9.09. The molecule has 0 spiro atoms. The number of hydrogen-bond donors (Lipinski definition) is 1. The van der Waals surface area contributed by atoms with Gasteiger partial charge in [0, 0.05) is 23.7 Å². The second-order valence-electron chi connectivity index (χ2n) is 3.74. The van der Waals surface area contributed by atoms with Crippen molar-refractivity contribution in [3.63, 3.8) is 0 Å². The summed E-state index contributed by atoms with van der Waals surface area (Å²) in [6.45, 7) is 0. The summed E-state index contributed by atoms with van der Waals surface area (Å²) in [4.78, 5) is 4.20. The maximum Gasteiger partial charge on any atom is 0.181 e. The van der Waals surface area contributed by atoms with Crippen LogP contribution < -0.4 is 0 Å². The molecule has 3 rings (SSSR count). The number of rotatable bonds is 2. The molecule has 0 bridgehead atoms. The van der Waals surface area contributed by atoms with Crippen molar-refractivity contribution in [1.82, 2.24) is 15.2 Å². The molecule has 0 unspecified atom stereocenters. The monoisotopic (exact) mass is 209 g/mol. The van der Waals surface area contributed by atoms with E-state index in [0.29, 0.717) is 0 Å². The van der Waals surface area contributed by atoms with Gasteiger partial charge < -0.3 is 0 Å². The van der Waals surface area contributed by atoms with Crippen molar-refractivity contribution in [2.24, 2.45) is 0 Å². The first-order chi connectivity index (χ1) is 7.93. The van der Waals surface area contributed by atoms with E-state index in [1.807, 2.05) is 30.3 Å². The van der Waals surface area contributed by atoms with Gasteiger partial charge >= 0.3 is 0 Å². The summed E-state index contributed by atoms with van der Waals surface area (Å²) < 4.78 is 0. The van der Waals surface area contributed by atoms with Crippen molar-refractivity contribution < 1.29 is 0 Å². The Hall–Kier alpha value is -2.16. The van der Waals surface area contributed by atoms with E-state index in [-0.39, 0.29) is 0 Å². The lowest BCUT2D eigenvalue weighted by Gasteiger charge is -1.98. The Morgan fingerprint density at radius 2 is 1.88 bits per heavy atom. The number of nitrogens with one attached hydrogen (secondary N) is 1. The molecule has 0 amide bonds. The second-order valence-corrected chi connectivity index (χ2v) is 3.74. The highest BCUT2D eigenvalue weighted by Gasteiger charge is 2.05. The molecule has 2 heterocycles. The van der Waals surface area contributed by atoms with E-state index in [1.165, 1.54) is 5.56 Å². The first-order valence-electron chi connectivity index (χ1n) is 5.25. The standard InChI is InChI=1S/C13H11N3/c1-2-5-10(6-3-1)9-12-11-7-4-8-14-13(11)16-15-12/h1-8H,9H2,(H,14,15,16). The molecule has 1 N–H and O–H groups in total. The molecule has 0 saturated carbocycles. The fraction of sp³-hybridized carbons (Fsp3) is 0.0769. The molecule has 0 fully saturated rings. The number of aromatic amines is 1. The minimum absolute atomic E-state index is 0.786. The summed E-state index contributed by atoms with van der Waals surface area (Å²) in [6.07, 6.45) is 2.62. The summed E-state index contributed by atoms with van der Waals surface area (Å²) in [6, 6.07) is 14.3. The summed E-state index contributed by atoms with van der Waals surface area (Å²) in [7, 11) is 0. The molecular weight excluding hydrogens is 198 g/mol. The zero-order chi connectivity index (χ0) is 10.8. The molecule has 0 saturated heterocycles. The van der Waals surface area contributed by atoms with Crippen molar-refractivity contribution in [2.45, 2.75) is 6.42 Å². The predicted octanol–water partition coefficient (Wildman–Crippen LogP) is 2.55. The lowest BCUT2D eigenvalue weighted by atomic mass is 10.1. The van der Waals surface area contributed by atoms with Crippen LogP contribution in [0.4, 0.5) is 0 Å². The van der Waals surface area contributed by atoms with Crippen LogP contribution in [0.5, 0.6) is 0 Å². The minimum atomic E-state index is 0.786. The maximum absolute atomic E-state index is 4.20. The van der Waals surface area contributed by atoms with Crippen molar-refractivity contribution in [3.05, 3.63) is 59.9 Å². The third-order valence-electron chi connectivity index (χ3n) is 2.63. The number of nitrogens with zero attached hydrogens (tertiary/aromatic N) is 2. The van der Waals surface area contributed by atoms with Crippen LogP contribution in [0, 0.1) is 0 Å². The summed E-state index contributed by atoms with van der Waals surface area (Å²) in [5.74, 6) is 0. The lowest BCUT2D eigenvalue weighted by Crippen LogP contribution is -1.88. The highest BCUT2D eigenvalue weighted by molar-refractivity contribution is 5.77. The largest absolute Gasteiger partial charge is 0.279 e. The van der Waals surface area contributed by atoms with Crippen molar-refractivity contribution in [2.75, 3.05) is 0 Å². The summed E-state index contributed by atoms with van der Waals surface area (Å²) >= 11 is 0. The van der Waals surface area contributed by atoms with Gasteiger partial charge in [0.1, 0.15) is 0 Å². The Kier molecular flexibility index (Phi) is 2.14. The van der Waals surface area contributed by atoms with Gasteiger partial charge in [-0.1, -0.05) is 30.3 Å². The van der Waals surface area contributed by atoms with Crippen molar-refractivity contribution in [3.8, 4) is 0 Å². The number of fused-ring (bicyclic) bond motifs is 1. The van der Waals surface area contributed by atoms with Crippen LogP contribution in [0.2, 0.25) is 0 Å². The Morgan fingerprint density at radius 1 is 1.00 bits per heavy atom. The minimum Gasteiger partial charge on any atom is -0.279 e. The molecular formula is C13H11N3. The van der Waals surface area contributed by atoms with Gasteiger partial charge in [0.2, 0.25) is 0 Å². The van der Waals surface area contributed by atoms with Gasteiger partial charge in [0.15, 0.2) is 5.65 Å². The van der Waals surface area contributed by atoms with Crippen LogP contribution >= 0.6 is 0 Å².